The summed E-state index contributed by atoms with van der Waals surface area (Å²) in [6.07, 6.45) is 0.0697. The molecular formula is C19H26N5O7P. The predicted octanol–water partition coefficient (Wildman–Crippen LogP) is 1.83. The van der Waals surface area contributed by atoms with Crippen molar-refractivity contribution in [2.24, 2.45) is 0 Å². The van der Waals surface area contributed by atoms with E-state index in [1.54, 1.807) is 17.7 Å². The highest BCUT2D eigenvalue weighted by Gasteiger charge is 2.23. The average Bonchev–Trinajstić information content (AvgIpc) is 3.15. The largest absolute Gasteiger partial charge is 0.497 e. The fraction of sp³-hybridized carbons (Fsp3) is 0.421. The van der Waals surface area contributed by atoms with E-state index in [9.17, 15) is 4.57 Å². The Balaban J connectivity index is 2.05. The van der Waals surface area contributed by atoms with Crippen LogP contribution < -0.4 is 19.9 Å². The zero-order valence-electron chi connectivity index (χ0n) is 18.3. The Morgan fingerprint density at radius 1 is 1.03 bits per heavy atom. The van der Waals surface area contributed by atoms with Crippen molar-refractivity contribution in [2.45, 2.75) is 12.7 Å². The second kappa shape index (κ2) is 10.1. The summed E-state index contributed by atoms with van der Waals surface area (Å²) in [7, 11) is 2.43. The van der Waals surface area contributed by atoms with Crippen LogP contribution in [0, 0.1) is 0 Å². The van der Waals surface area contributed by atoms with Crippen LogP contribution in [0.25, 0.3) is 11.2 Å². The molecule has 0 amide bonds. The van der Waals surface area contributed by atoms with Gasteiger partial charge in [0.15, 0.2) is 17.0 Å². The van der Waals surface area contributed by atoms with E-state index in [-0.39, 0.29) is 43.8 Å². The van der Waals surface area contributed by atoms with Crippen LogP contribution in [0.1, 0.15) is 11.1 Å². The summed E-state index contributed by atoms with van der Waals surface area (Å²) in [4.78, 5) is 12.8. The van der Waals surface area contributed by atoms with E-state index in [1.165, 1.54) is 21.3 Å². The van der Waals surface area contributed by atoms with Crippen LogP contribution in [0.4, 0.5) is 5.82 Å². The molecular weight excluding hydrogens is 441 g/mol. The molecule has 0 atom stereocenters. The highest BCUT2D eigenvalue weighted by Crippen LogP contribution is 2.50. The molecule has 32 heavy (non-hydrogen) atoms. The number of rotatable bonds is 11. The third-order valence-corrected chi connectivity index (χ3v) is 6.47. The summed E-state index contributed by atoms with van der Waals surface area (Å²) in [6, 6.07) is 5.72. The van der Waals surface area contributed by atoms with Crippen LogP contribution in [-0.2, 0) is 26.3 Å². The van der Waals surface area contributed by atoms with Gasteiger partial charge in [-0.05, 0) is 23.3 Å². The van der Waals surface area contributed by atoms with E-state index in [4.69, 9.17) is 34.1 Å². The van der Waals surface area contributed by atoms with Crippen LogP contribution in [0.3, 0.4) is 0 Å². The molecule has 0 unspecified atom stereocenters. The zero-order chi connectivity index (χ0) is 23.3. The standard InChI is InChI=1S/C19H26N5O7P/c1-27-14-8-12(7-13(9-14)11-32(26,29-3)30-4)10-24-17-15(21-19(24)28-2)16(20)22-18(23-17)31-6-5-25/h7-9,25H,5-6,10-11H2,1-4H3,(H2,20,22,23). The number of aliphatic hydroxyl groups is 1. The van der Waals surface area contributed by atoms with Gasteiger partial charge in [-0.3, -0.25) is 9.13 Å². The van der Waals surface area contributed by atoms with Gasteiger partial charge in [0.05, 0.1) is 33.5 Å². The number of imidazole rings is 1. The lowest BCUT2D eigenvalue weighted by atomic mass is 10.1. The number of nitrogens with zero attached hydrogens (tertiary/aromatic N) is 4. The maximum absolute atomic E-state index is 12.6. The van der Waals surface area contributed by atoms with Gasteiger partial charge >= 0.3 is 13.6 Å². The molecule has 0 fully saturated rings. The lowest BCUT2D eigenvalue weighted by Crippen LogP contribution is -2.08. The number of nitrogen functional groups attached to an aromatic ring is 1. The van der Waals surface area contributed by atoms with Gasteiger partial charge in [0.25, 0.3) is 6.01 Å². The molecule has 0 saturated heterocycles. The molecule has 1 aromatic carbocycles. The van der Waals surface area contributed by atoms with Crippen molar-refractivity contribution in [3.05, 3.63) is 29.3 Å². The Labute approximate surface area is 184 Å². The highest BCUT2D eigenvalue weighted by molar-refractivity contribution is 7.52. The number of aliphatic hydroxyl groups excluding tert-OH is 1. The van der Waals surface area contributed by atoms with Crippen molar-refractivity contribution in [2.75, 3.05) is 47.4 Å². The third-order valence-electron chi connectivity index (χ3n) is 4.61. The number of anilines is 1. The van der Waals surface area contributed by atoms with Gasteiger partial charge in [0.2, 0.25) is 0 Å². The van der Waals surface area contributed by atoms with Crippen molar-refractivity contribution in [3.63, 3.8) is 0 Å². The molecule has 0 aliphatic rings. The Morgan fingerprint density at radius 2 is 1.75 bits per heavy atom. The molecule has 3 rings (SSSR count). The first kappa shape index (κ1) is 23.7. The molecule has 0 aliphatic carbocycles. The minimum atomic E-state index is -3.28. The molecule has 13 heteroatoms. The number of fused-ring (bicyclic) bond motifs is 1. The van der Waals surface area contributed by atoms with Crippen LogP contribution in [0.15, 0.2) is 18.2 Å². The first-order valence-corrected chi connectivity index (χ1v) is 11.3. The zero-order valence-corrected chi connectivity index (χ0v) is 19.2. The minimum absolute atomic E-state index is 0.0142. The molecule has 3 N–H and O–H groups in total. The molecule has 0 spiro atoms. The normalized spacial score (nSPS) is 11.7. The quantitative estimate of drug-likeness (QED) is 0.397. The number of benzene rings is 1. The van der Waals surface area contributed by atoms with Crippen molar-refractivity contribution in [3.8, 4) is 17.8 Å². The lowest BCUT2D eigenvalue weighted by Gasteiger charge is -2.16. The lowest BCUT2D eigenvalue weighted by molar-refractivity contribution is 0.192. The van der Waals surface area contributed by atoms with E-state index in [0.717, 1.165) is 5.56 Å². The van der Waals surface area contributed by atoms with E-state index in [1.807, 2.05) is 12.1 Å². The second-order valence-corrected chi connectivity index (χ2v) is 8.91. The first-order valence-electron chi connectivity index (χ1n) is 9.55. The van der Waals surface area contributed by atoms with Crippen molar-refractivity contribution in [1.29, 1.82) is 0 Å². The van der Waals surface area contributed by atoms with Crippen LogP contribution in [0.5, 0.6) is 17.8 Å². The van der Waals surface area contributed by atoms with Crippen LogP contribution in [0.2, 0.25) is 0 Å². The number of hydrogen-bond donors (Lipinski definition) is 2. The average molecular weight is 467 g/mol. The molecule has 0 saturated carbocycles. The minimum Gasteiger partial charge on any atom is -0.497 e. The van der Waals surface area contributed by atoms with Crippen LogP contribution >= 0.6 is 7.60 Å². The predicted molar refractivity (Wildman–Crippen MR) is 116 cm³/mol. The van der Waals surface area contributed by atoms with Gasteiger partial charge in [-0.1, -0.05) is 6.07 Å². The van der Waals surface area contributed by atoms with Crippen LogP contribution in [-0.4, -0.2) is 66.3 Å². The number of hydrogen-bond acceptors (Lipinski definition) is 11. The summed E-state index contributed by atoms with van der Waals surface area (Å²) >= 11 is 0. The van der Waals surface area contributed by atoms with Crippen molar-refractivity contribution in [1.82, 2.24) is 19.5 Å². The monoisotopic (exact) mass is 467 g/mol. The molecule has 0 aliphatic heterocycles. The van der Waals surface area contributed by atoms with Gasteiger partial charge in [0.1, 0.15) is 12.4 Å². The summed E-state index contributed by atoms with van der Waals surface area (Å²) in [5, 5.41) is 8.99. The summed E-state index contributed by atoms with van der Waals surface area (Å²) in [5.41, 5.74) is 8.27. The second-order valence-electron chi connectivity index (χ2n) is 6.64. The summed E-state index contributed by atoms with van der Waals surface area (Å²) < 4.78 is 40.5. The van der Waals surface area contributed by atoms with Crippen molar-refractivity contribution >= 4 is 24.6 Å². The van der Waals surface area contributed by atoms with Crippen molar-refractivity contribution < 1.29 is 32.9 Å². The van der Waals surface area contributed by atoms with Gasteiger partial charge in [-0.15, -0.1) is 0 Å². The Hall–Kier alpha value is -2.92. The van der Waals surface area contributed by atoms with Gasteiger partial charge < -0.3 is 34.1 Å². The molecule has 12 nitrogen and oxygen atoms in total. The molecule has 0 radical (unpaired) electrons. The summed E-state index contributed by atoms with van der Waals surface area (Å²) in [5.74, 6) is 0.688. The third kappa shape index (κ3) is 5.10. The number of nitrogens with two attached hydrogens (primary N) is 1. The molecule has 174 valence electrons. The molecule has 0 bridgehead atoms. The smallest absolute Gasteiger partial charge is 0.334 e. The van der Waals surface area contributed by atoms with Gasteiger partial charge in [-0.2, -0.15) is 15.0 Å². The van der Waals surface area contributed by atoms with E-state index >= 15 is 0 Å². The fourth-order valence-corrected chi connectivity index (χ4v) is 4.16. The number of ether oxygens (including phenoxy) is 3. The number of aromatic nitrogens is 4. The molecule has 2 heterocycles. The maximum Gasteiger partial charge on any atom is 0.334 e. The van der Waals surface area contributed by atoms with Gasteiger partial charge in [-0.25, -0.2) is 0 Å². The summed E-state index contributed by atoms with van der Waals surface area (Å²) in [6.45, 7) is 0.113. The highest BCUT2D eigenvalue weighted by atomic mass is 31.2. The number of methoxy groups -OCH3 is 2. The topological polar surface area (TPSA) is 153 Å². The Bertz CT molecular complexity index is 1130. The molecule has 2 aromatic heterocycles. The maximum atomic E-state index is 12.6. The van der Waals surface area contributed by atoms with Gasteiger partial charge in [0, 0.05) is 14.2 Å². The van der Waals surface area contributed by atoms with E-state index in [2.05, 4.69) is 15.0 Å². The molecule has 3 aromatic rings. The van der Waals surface area contributed by atoms with E-state index in [0.29, 0.717) is 22.5 Å². The van der Waals surface area contributed by atoms with E-state index < -0.39 is 7.60 Å². The SMILES string of the molecule is COc1cc(Cn2c(OC)nc3c(N)nc(OCCO)nc32)cc(CP(=O)(OC)OC)c1. The fourth-order valence-electron chi connectivity index (χ4n) is 3.12. The Kier molecular flexibility index (Phi) is 7.52. The first-order chi connectivity index (χ1) is 15.4. The Morgan fingerprint density at radius 3 is 2.38 bits per heavy atom.